The maximum absolute atomic E-state index is 12.7. The molecule has 176 valence electrons. The van der Waals surface area contributed by atoms with Crippen LogP contribution in [0.2, 0.25) is 0 Å². The zero-order chi connectivity index (χ0) is 24.2. The molecule has 1 aliphatic carbocycles. The number of nitrogens with zero attached hydrogens (tertiary/aromatic N) is 2. The van der Waals surface area contributed by atoms with E-state index in [1.165, 1.54) is 10.9 Å². The van der Waals surface area contributed by atoms with E-state index >= 15 is 0 Å². The van der Waals surface area contributed by atoms with Gasteiger partial charge in [-0.1, -0.05) is 55.5 Å². The summed E-state index contributed by atoms with van der Waals surface area (Å²) in [5, 5.41) is 18.4. The molecule has 0 bridgehead atoms. The van der Waals surface area contributed by atoms with Crippen molar-refractivity contribution >= 4 is 23.7 Å². The molecule has 1 aromatic heterocycles. The summed E-state index contributed by atoms with van der Waals surface area (Å²) in [6.45, 7) is 1.85. The van der Waals surface area contributed by atoms with Crippen LogP contribution in [0.3, 0.4) is 0 Å². The van der Waals surface area contributed by atoms with E-state index in [1.807, 2.05) is 36.4 Å². The second-order valence-corrected chi connectivity index (χ2v) is 8.13. The van der Waals surface area contributed by atoms with E-state index in [0.717, 1.165) is 22.3 Å². The lowest BCUT2D eigenvalue weighted by molar-refractivity contribution is -0.141. The van der Waals surface area contributed by atoms with Crippen LogP contribution in [0.15, 0.2) is 54.7 Å². The number of anilines is 1. The topological polar surface area (TPSA) is 123 Å². The van der Waals surface area contributed by atoms with Gasteiger partial charge in [-0.15, -0.1) is 0 Å². The highest BCUT2D eigenvalue weighted by atomic mass is 16.5. The monoisotopic (exact) mass is 462 g/mol. The summed E-state index contributed by atoms with van der Waals surface area (Å²) in [4.78, 5) is 36.5. The van der Waals surface area contributed by atoms with Gasteiger partial charge in [-0.25, -0.2) is 4.79 Å². The van der Waals surface area contributed by atoms with Crippen molar-refractivity contribution in [3.05, 3.63) is 71.5 Å². The third-order valence-electron chi connectivity index (χ3n) is 6.09. The highest BCUT2D eigenvalue weighted by Gasteiger charge is 2.29. The van der Waals surface area contributed by atoms with Crippen molar-refractivity contribution in [3.63, 3.8) is 0 Å². The fourth-order valence-electron chi connectivity index (χ4n) is 4.25. The number of aryl methyl sites for hydroxylation is 1. The Balaban J connectivity index is 1.42. The first-order valence-corrected chi connectivity index (χ1v) is 11.1. The molecule has 1 aliphatic rings. The summed E-state index contributed by atoms with van der Waals surface area (Å²) >= 11 is 0. The van der Waals surface area contributed by atoms with Crippen LogP contribution in [0.1, 0.15) is 40.9 Å². The van der Waals surface area contributed by atoms with Crippen LogP contribution in [0.4, 0.5) is 10.5 Å². The minimum Gasteiger partial charge on any atom is -0.481 e. The lowest BCUT2D eigenvalue weighted by Gasteiger charge is -2.15. The molecule has 0 radical (unpaired) electrons. The van der Waals surface area contributed by atoms with Crippen molar-refractivity contribution in [3.8, 4) is 11.1 Å². The van der Waals surface area contributed by atoms with Gasteiger partial charge in [0.25, 0.3) is 5.91 Å². The first kappa shape index (κ1) is 23.0. The second kappa shape index (κ2) is 9.78. The normalized spacial score (nSPS) is 13.0. The third kappa shape index (κ3) is 4.50. The molecule has 0 spiro atoms. The zero-order valence-electron chi connectivity index (χ0n) is 18.9. The number of carboxylic acids is 1. The van der Waals surface area contributed by atoms with Gasteiger partial charge >= 0.3 is 12.1 Å². The molecule has 0 fully saturated rings. The number of carbonyl (C=O) groups is 3. The number of aliphatic carboxylic acids is 1. The maximum Gasteiger partial charge on any atom is 0.411 e. The minimum atomic E-state index is -0.982. The molecule has 34 heavy (non-hydrogen) atoms. The molecule has 3 aromatic rings. The summed E-state index contributed by atoms with van der Waals surface area (Å²) < 4.78 is 6.85. The van der Waals surface area contributed by atoms with Gasteiger partial charge in [-0.3, -0.25) is 19.6 Å². The number of fused-ring (bicyclic) bond motifs is 3. The van der Waals surface area contributed by atoms with Crippen LogP contribution in [-0.4, -0.2) is 46.0 Å². The zero-order valence-corrected chi connectivity index (χ0v) is 18.9. The van der Waals surface area contributed by atoms with E-state index in [9.17, 15) is 19.5 Å². The molecule has 3 N–H and O–H groups in total. The van der Waals surface area contributed by atoms with Crippen molar-refractivity contribution < 1.29 is 24.2 Å². The van der Waals surface area contributed by atoms with E-state index in [0.29, 0.717) is 6.42 Å². The van der Waals surface area contributed by atoms with E-state index in [4.69, 9.17) is 4.74 Å². The van der Waals surface area contributed by atoms with Crippen LogP contribution in [0.25, 0.3) is 11.1 Å². The number of rotatable bonds is 8. The van der Waals surface area contributed by atoms with Crippen molar-refractivity contribution in [2.75, 3.05) is 18.5 Å². The lowest BCUT2D eigenvalue weighted by atomic mass is 9.98. The van der Waals surface area contributed by atoms with Crippen molar-refractivity contribution in [2.24, 2.45) is 13.0 Å². The maximum atomic E-state index is 12.7. The molecule has 1 heterocycles. The Bertz CT molecular complexity index is 1190. The van der Waals surface area contributed by atoms with E-state index in [1.54, 1.807) is 14.0 Å². The molecule has 0 saturated carbocycles. The summed E-state index contributed by atoms with van der Waals surface area (Å²) in [6, 6.07) is 16.1. The molecule has 2 amide bonds. The number of carboxylic acid groups (broad SMARTS) is 1. The van der Waals surface area contributed by atoms with Gasteiger partial charge in [-0.2, -0.15) is 5.10 Å². The molecular weight excluding hydrogens is 436 g/mol. The van der Waals surface area contributed by atoms with Gasteiger partial charge < -0.3 is 15.2 Å². The fourth-order valence-corrected chi connectivity index (χ4v) is 4.25. The first-order valence-electron chi connectivity index (χ1n) is 11.1. The van der Waals surface area contributed by atoms with Gasteiger partial charge in [0.05, 0.1) is 17.8 Å². The predicted molar refractivity (Wildman–Crippen MR) is 126 cm³/mol. The van der Waals surface area contributed by atoms with E-state index in [-0.39, 0.29) is 30.5 Å². The Kier molecular flexibility index (Phi) is 6.62. The number of nitrogens with one attached hydrogen (secondary N) is 2. The van der Waals surface area contributed by atoms with Gasteiger partial charge in [0, 0.05) is 19.5 Å². The van der Waals surface area contributed by atoms with Crippen LogP contribution in [0.5, 0.6) is 0 Å². The average Bonchev–Trinajstić information content (AvgIpc) is 3.35. The number of ether oxygens (including phenoxy) is 1. The fraction of sp³-hybridized carbons (Fsp3) is 0.280. The lowest BCUT2D eigenvalue weighted by Crippen LogP contribution is -2.34. The molecule has 9 nitrogen and oxygen atoms in total. The molecule has 0 aliphatic heterocycles. The molecule has 9 heteroatoms. The van der Waals surface area contributed by atoms with Crippen molar-refractivity contribution in [1.29, 1.82) is 0 Å². The summed E-state index contributed by atoms with van der Waals surface area (Å²) in [6.07, 6.45) is 1.03. The van der Waals surface area contributed by atoms with Crippen LogP contribution < -0.4 is 10.6 Å². The van der Waals surface area contributed by atoms with Gasteiger partial charge in [0.15, 0.2) is 0 Å². The molecule has 2 aromatic carbocycles. The Morgan fingerprint density at radius 2 is 1.71 bits per heavy atom. The van der Waals surface area contributed by atoms with E-state index < -0.39 is 23.9 Å². The standard InChI is InChI=1S/C25H26N4O5/c1-3-15(24(31)32)12-26-23(30)22-21(13-27-29(22)2)28-25(33)34-14-20-18-10-6-4-8-16(18)17-9-5-7-11-19(17)20/h4-11,13,15,20H,3,12,14H2,1-2H3,(H,26,30)(H,28,33)(H,31,32). The largest absolute Gasteiger partial charge is 0.481 e. The van der Waals surface area contributed by atoms with Crippen molar-refractivity contribution in [1.82, 2.24) is 15.1 Å². The van der Waals surface area contributed by atoms with Crippen LogP contribution >= 0.6 is 0 Å². The van der Waals surface area contributed by atoms with E-state index in [2.05, 4.69) is 27.9 Å². The van der Waals surface area contributed by atoms with Crippen LogP contribution in [-0.2, 0) is 16.6 Å². The highest BCUT2D eigenvalue weighted by molar-refractivity contribution is 6.01. The van der Waals surface area contributed by atoms with Crippen LogP contribution in [0, 0.1) is 5.92 Å². The Labute approximate surface area is 196 Å². The smallest absolute Gasteiger partial charge is 0.411 e. The third-order valence-corrected chi connectivity index (χ3v) is 6.09. The highest BCUT2D eigenvalue weighted by Crippen LogP contribution is 2.44. The number of amides is 2. The summed E-state index contributed by atoms with van der Waals surface area (Å²) in [5.74, 6) is -2.30. The molecule has 1 atom stereocenters. The summed E-state index contributed by atoms with van der Waals surface area (Å²) in [5.41, 5.74) is 4.74. The van der Waals surface area contributed by atoms with Gasteiger partial charge in [0.2, 0.25) is 0 Å². The second-order valence-electron chi connectivity index (χ2n) is 8.13. The van der Waals surface area contributed by atoms with Crippen molar-refractivity contribution in [2.45, 2.75) is 19.3 Å². The number of hydrogen-bond donors (Lipinski definition) is 3. The number of hydrogen-bond acceptors (Lipinski definition) is 5. The predicted octanol–water partition coefficient (Wildman–Crippen LogP) is 3.62. The van der Waals surface area contributed by atoms with Gasteiger partial charge in [-0.05, 0) is 28.7 Å². The Morgan fingerprint density at radius 3 is 2.29 bits per heavy atom. The minimum absolute atomic E-state index is 0.0275. The number of carbonyl (C=O) groups excluding carboxylic acids is 2. The number of aromatic nitrogens is 2. The average molecular weight is 463 g/mol. The molecule has 0 saturated heterocycles. The molecule has 1 unspecified atom stereocenters. The molecule has 4 rings (SSSR count). The Hall–Kier alpha value is -4.14. The molecular formula is C25H26N4O5. The quantitative estimate of drug-likeness (QED) is 0.470. The van der Waals surface area contributed by atoms with Gasteiger partial charge in [0.1, 0.15) is 12.3 Å². The Morgan fingerprint density at radius 1 is 1.09 bits per heavy atom. The SMILES string of the molecule is CCC(CNC(=O)c1c(NC(=O)OCC2c3ccccc3-c3ccccc32)cnn1C)C(=O)O. The first-order chi connectivity index (χ1) is 16.4. The number of benzene rings is 2. The summed E-state index contributed by atoms with van der Waals surface area (Å²) in [7, 11) is 1.56.